The van der Waals surface area contributed by atoms with Gasteiger partial charge in [-0.1, -0.05) is 31.2 Å². The van der Waals surface area contributed by atoms with Crippen LogP contribution in [-0.4, -0.2) is 54.0 Å². The molecule has 0 saturated carbocycles. The summed E-state index contributed by atoms with van der Waals surface area (Å²) >= 11 is 0. The Morgan fingerprint density at radius 2 is 1.92 bits per heavy atom. The number of likely N-dealkylation sites (N-methyl/N-ethyl adjacent to an activating group) is 1. The number of nitrogens with zero attached hydrogens (tertiary/aromatic N) is 3. The average molecular weight is 375 g/mol. The van der Waals surface area contributed by atoms with E-state index in [0.717, 1.165) is 23.1 Å². The van der Waals surface area contributed by atoms with E-state index in [0.29, 0.717) is 13.1 Å². The molecule has 0 fully saturated rings. The summed E-state index contributed by atoms with van der Waals surface area (Å²) in [6.45, 7) is 5.20. The van der Waals surface area contributed by atoms with Gasteiger partial charge in [-0.15, -0.1) is 0 Å². The van der Waals surface area contributed by atoms with Crippen LogP contribution in [0.4, 0.5) is 0 Å². The maximum atomic E-state index is 13.1. The van der Waals surface area contributed by atoms with E-state index < -0.39 is 10.0 Å². The van der Waals surface area contributed by atoms with Gasteiger partial charge in [0.2, 0.25) is 15.9 Å². The number of benzene rings is 1. The summed E-state index contributed by atoms with van der Waals surface area (Å²) in [6.07, 6.45) is 3.17. The molecule has 0 N–H and O–H groups in total. The Labute approximate surface area is 155 Å². The molecule has 0 saturated heterocycles. The van der Waals surface area contributed by atoms with Gasteiger partial charge in [-0.3, -0.25) is 4.79 Å². The minimum atomic E-state index is -3.41. The summed E-state index contributed by atoms with van der Waals surface area (Å²) in [7, 11) is -3.41. The molecule has 1 aromatic heterocycles. The van der Waals surface area contributed by atoms with Crippen molar-refractivity contribution in [1.29, 1.82) is 0 Å². The predicted molar refractivity (Wildman–Crippen MR) is 101 cm³/mol. The van der Waals surface area contributed by atoms with E-state index in [2.05, 4.69) is 4.57 Å². The van der Waals surface area contributed by atoms with E-state index in [1.165, 1.54) is 4.31 Å². The van der Waals surface area contributed by atoms with Crippen LogP contribution in [-0.2, 0) is 21.4 Å². The number of hydrogen-bond acceptors (Lipinski definition) is 3. The summed E-state index contributed by atoms with van der Waals surface area (Å²) in [5, 5.41) is 0. The Bertz CT molecular complexity index is 904. The van der Waals surface area contributed by atoms with Gasteiger partial charge in [0.05, 0.1) is 18.8 Å². The number of sulfonamides is 1. The Balaban J connectivity index is 1.98. The summed E-state index contributed by atoms with van der Waals surface area (Å²) in [5.41, 5.74) is 3.24. The summed E-state index contributed by atoms with van der Waals surface area (Å²) in [5.74, 6) is -0.169. The van der Waals surface area contributed by atoms with Crippen molar-refractivity contribution in [2.75, 3.05) is 25.9 Å². The molecule has 0 bridgehead atoms. The van der Waals surface area contributed by atoms with Crippen LogP contribution in [0.2, 0.25) is 0 Å². The molecule has 1 aromatic carbocycles. The van der Waals surface area contributed by atoms with Gasteiger partial charge in [-0.25, -0.2) is 8.42 Å². The number of rotatable bonds is 5. The van der Waals surface area contributed by atoms with Crippen LogP contribution in [0, 0.1) is 6.92 Å². The molecule has 26 heavy (non-hydrogen) atoms. The van der Waals surface area contributed by atoms with Crippen molar-refractivity contribution in [3.63, 3.8) is 0 Å². The summed E-state index contributed by atoms with van der Waals surface area (Å²) < 4.78 is 27.2. The zero-order valence-electron chi connectivity index (χ0n) is 15.4. The van der Waals surface area contributed by atoms with E-state index in [1.54, 1.807) is 6.92 Å². The van der Waals surface area contributed by atoms with Crippen LogP contribution < -0.4 is 0 Å². The van der Waals surface area contributed by atoms with Crippen molar-refractivity contribution >= 4 is 15.9 Å². The lowest BCUT2D eigenvalue weighted by molar-refractivity contribution is -0.134. The first-order chi connectivity index (χ1) is 12.3. The Kier molecular flexibility index (Phi) is 5.20. The van der Waals surface area contributed by atoms with Crippen LogP contribution in [0.15, 0.2) is 42.6 Å². The highest BCUT2D eigenvalue weighted by molar-refractivity contribution is 7.88. The molecule has 1 aliphatic heterocycles. The SMILES string of the molecule is CCN(CC(=O)N1CCn2cccc2[C@H]1c1ccccc1C)S(C)(=O)=O. The lowest BCUT2D eigenvalue weighted by Crippen LogP contribution is -2.47. The molecule has 7 heteroatoms. The molecule has 0 unspecified atom stereocenters. The molecule has 2 heterocycles. The lowest BCUT2D eigenvalue weighted by atomic mass is 9.95. The maximum Gasteiger partial charge on any atom is 0.238 e. The molecular weight excluding hydrogens is 350 g/mol. The van der Waals surface area contributed by atoms with Crippen molar-refractivity contribution < 1.29 is 13.2 Å². The maximum absolute atomic E-state index is 13.1. The standard InChI is InChI=1S/C19H25N3O3S/c1-4-21(26(3,24)25)14-18(23)22-13-12-20-11-7-10-17(20)19(22)16-9-6-5-8-15(16)2/h5-11,19H,4,12-14H2,1-3H3/t19-/m1/s1. The van der Waals surface area contributed by atoms with Gasteiger partial charge in [0.15, 0.2) is 0 Å². The number of aromatic nitrogens is 1. The zero-order chi connectivity index (χ0) is 18.9. The fraction of sp³-hybridized carbons (Fsp3) is 0.421. The first-order valence-electron chi connectivity index (χ1n) is 8.78. The second kappa shape index (κ2) is 7.25. The van der Waals surface area contributed by atoms with Crippen LogP contribution in [0.1, 0.15) is 29.8 Å². The highest BCUT2D eigenvalue weighted by atomic mass is 32.2. The Morgan fingerprint density at radius 1 is 1.19 bits per heavy atom. The van der Waals surface area contributed by atoms with Crippen LogP contribution in [0.25, 0.3) is 0 Å². The molecule has 1 atom stereocenters. The third-order valence-electron chi connectivity index (χ3n) is 4.98. The van der Waals surface area contributed by atoms with Gasteiger partial charge in [0, 0.05) is 31.5 Å². The van der Waals surface area contributed by atoms with Crippen molar-refractivity contribution in [2.24, 2.45) is 0 Å². The first kappa shape index (κ1) is 18.7. The van der Waals surface area contributed by atoms with E-state index in [4.69, 9.17) is 0 Å². The van der Waals surface area contributed by atoms with Gasteiger partial charge < -0.3 is 9.47 Å². The van der Waals surface area contributed by atoms with Gasteiger partial charge in [-0.2, -0.15) is 4.31 Å². The molecule has 1 amide bonds. The lowest BCUT2D eigenvalue weighted by Gasteiger charge is -2.38. The van der Waals surface area contributed by atoms with Crippen molar-refractivity contribution in [3.8, 4) is 0 Å². The smallest absolute Gasteiger partial charge is 0.238 e. The molecule has 6 nitrogen and oxygen atoms in total. The van der Waals surface area contributed by atoms with Gasteiger partial charge >= 0.3 is 0 Å². The third kappa shape index (κ3) is 3.54. The minimum Gasteiger partial charge on any atom is -0.348 e. The summed E-state index contributed by atoms with van der Waals surface area (Å²) in [4.78, 5) is 14.9. The highest BCUT2D eigenvalue weighted by Crippen LogP contribution is 2.34. The first-order valence-corrected chi connectivity index (χ1v) is 10.6. The average Bonchev–Trinajstić information content (AvgIpc) is 3.07. The molecule has 3 rings (SSSR count). The van der Waals surface area contributed by atoms with E-state index in [-0.39, 0.29) is 25.0 Å². The molecule has 2 aromatic rings. The van der Waals surface area contributed by atoms with E-state index >= 15 is 0 Å². The molecule has 1 aliphatic rings. The predicted octanol–water partition coefficient (Wildman–Crippen LogP) is 2.01. The van der Waals surface area contributed by atoms with Crippen LogP contribution >= 0.6 is 0 Å². The number of amides is 1. The van der Waals surface area contributed by atoms with Crippen LogP contribution in [0.5, 0.6) is 0 Å². The number of carbonyl (C=O) groups is 1. The van der Waals surface area contributed by atoms with Gasteiger partial charge in [0.1, 0.15) is 0 Å². The molecule has 0 aliphatic carbocycles. The number of hydrogen-bond donors (Lipinski definition) is 0. The van der Waals surface area contributed by atoms with E-state index in [9.17, 15) is 13.2 Å². The molecule has 0 radical (unpaired) electrons. The Hall–Kier alpha value is -2.12. The highest BCUT2D eigenvalue weighted by Gasteiger charge is 2.34. The van der Waals surface area contributed by atoms with Crippen LogP contribution in [0.3, 0.4) is 0 Å². The molecule has 140 valence electrons. The number of carbonyl (C=O) groups excluding carboxylic acids is 1. The normalized spacial score (nSPS) is 17.4. The third-order valence-corrected chi connectivity index (χ3v) is 6.30. The Morgan fingerprint density at radius 3 is 2.58 bits per heavy atom. The van der Waals surface area contributed by atoms with Crippen molar-refractivity contribution in [2.45, 2.75) is 26.4 Å². The fourth-order valence-corrected chi connectivity index (χ4v) is 4.39. The topological polar surface area (TPSA) is 62.6 Å². The number of aryl methyl sites for hydroxylation is 1. The zero-order valence-corrected chi connectivity index (χ0v) is 16.2. The second-order valence-corrected chi connectivity index (χ2v) is 8.64. The monoisotopic (exact) mass is 375 g/mol. The van der Waals surface area contributed by atoms with E-state index in [1.807, 2.05) is 54.4 Å². The van der Waals surface area contributed by atoms with Gasteiger partial charge in [0.25, 0.3) is 0 Å². The van der Waals surface area contributed by atoms with Crippen molar-refractivity contribution in [3.05, 3.63) is 59.4 Å². The fourth-order valence-electron chi connectivity index (χ4n) is 3.58. The quantitative estimate of drug-likeness (QED) is 0.803. The molecular formula is C19H25N3O3S. The molecule has 0 spiro atoms. The second-order valence-electron chi connectivity index (χ2n) is 6.66. The largest absolute Gasteiger partial charge is 0.348 e. The summed E-state index contributed by atoms with van der Waals surface area (Å²) in [6, 6.07) is 11.8. The minimum absolute atomic E-state index is 0.127. The van der Waals surface area contributed by atoms with Gasteiger partial charge in [-0.05, 0) is 30.2 Å². The van der Waals surface area contributed by atoms with Crippen molar-refractivity contribution in [1.82, 2.24) is 13.8 Å². The number of fused-ring (bicyclic) bond motifs is 1.